The minimum Gasteiger partial charge on any atom is -0.489 e. The normalized spacial score (nSPS) is 11.4. The van der Waals surface area contributed by atoms with Crippen molar-refractivity contribution in [2.24, 2.45) is 0 Å². The van der Waals surface area contributed by atoms with Gasteiger partial charge in [-0.1, -0.05) is 23.7 Å². The van der Waals surface area contributed by atoms with E-state index in [1.807, 2.05) is 0 Å². The number of ether oxygens (including phenoxy) is 2. The van der Waals surface area contributed by atoms with E-state index in [4.69, 9.17) is 21.1 Å². The van der Waals surface area contributed by atoms with E-state index >= 15 is 0 Å². The number of halogens is 2. The third-order valence-corrected chi connectivity index (χ3v) is 4.30. The molecule has 0 fully saturated rings. The SMILES string of the molecule is CC(C)(C)OC(=O)NCCOc1c(-c2cccc(Cl)c2)[nH]c(=O)c2cc(F)ccc12. The number of hydrogen-bond acceptors (Lipinski definition) is 4. The maximum Gasteiger partial charge on any atom is 0.407 e. The number of H-pyrrole nitrogens is 1. The fourth-order valence-corrected chi connectivity index (χ4v) is 3.08. The van der Waals surface area contributed by atoms with Crippen LogP contribution in [-0.2, 0) is 4.74 Å². The van der Waals surface area contributed by atoms with Crippen LogP contribution in [0.3, 0.4) is 0 Å². The van der Waals surface area contributed by atoms with Crippen LogP contribution in [0.4, 0.5) is 9.18 Å². The van der Waals surface area contributed by atoms with E-state index in [2.05, 4.69) is 10.3 Å². The minimum absolute atomic E-state index is 0.103. The second-order valence-corrected chi connectivity index (χ2v) is 8.07. The zero-order valence-corrected chi connectivity index (χ0v) is 17.6. The lowest BCUT2D eigenvalue weighted by molar-refractivity contribution is 0.0520. The molecule has 0 saturated carbocycles. The summed E-state index contributed by atoms with van der Waals surface area (Å²) in [5, 5.41) is 3.71. The summed E-state index contributed by atoms with van der Waals surface area (Å²) in [5.41, 5.74) is 0.00247. The number of benzene rings is 2. The molecular formula is C22H22ClFN2O4. The number of alkyl carbamates (subject to hydrolysis) is 1. The summed E-state index contributed by atoms with van der Waals surface area (Å²) in [7, 11) is 0. The third kappa shape index (κ3) is 5.30. The van der Waals surface area contributed by atoms with Crippen molar-refractivity contribution in [1.82, 2.24) is 10.3 Å². The molecule has 0 aliphatic heterocycles. The van der Waals surface area contributed by atoms with E-state index < -0.39 is 23.1 Å². The van der Waals surface area contributed by atoms with Gasteiger partial charge in [-0.15, -0.1) is 0 Å². The molecule has 0 aliphatic rings. The number of hydrogen-bond donors (Lipinski definition) is 2. The molecule has 3 aromatic rings. The van der Waals surface area contributed by atoms with Gasteiger partial charge in [0.2, 0.25) is 0 Å². The van der Waals surface area contributed by atoms with Crippen LogP contribution >= 0.6 is 11.6 Å². The molecular weight excluding hydrogens is 411 g/mol. The summed E-state index contributed by atoms with van der Waals surface area (Å²) in [6.45, 7) is 5.58. The van der Waals surface area contributed by atoms with Crippen LogP contribution in [-0.4, -0.2) is 29.8 Å². The van der Waals surface area contributed by atoms with Crippen molar-refractivity contribution in [3.05, 3.63) is 63.7 Å². The average Bonchev–Trinajstić information content (AvgIpc) is 2.65. The van der Waals surface area contributed by atoms with Crippen LogP contribution in [0.2, 0.25) is 5.02 Å². The van der Waals surface area contributed by atoms with Crippen LogP contribution in [0.1, 0.15) is 20.8 Å². The largest absolute Gasteiger partial charge is 0.489 e. The molecule has 30 heavy (non-hydrogen) atoms. The fourth-order valence-electron chi connectivity index (χ4n) is 2.89. The highest BCUT2D eigenvalue weighted by Crippen LogP contribution is 2.34. The Hall–Kier alpha value is -3.06. The lowest BCUT2D eigenvalue weighted by atomic mass is 10.1. The molecule has 6 nitrogen and oxygen atoms in total. The van der Waals surface area contributed by atoms with Crippen molar-refractivity contribution < 1.29 is 18.7 Å². The van der Waals surface area contributed by atoms with Crippen LogP contribution in [0.25, 0.3) is 22.0 Å². The Labute approximate surface area is 178 Å². The van der Waals surface area contributed by atoms with Gasteiger partial charge in [-0.3, -0.25) is 4.79 Å². The van der Waals surface area contributed by atoms with Crippen molar-refractivity contribution in [3.63, 3.8) is 0 Å². The number of pyridine rings is 1. The zero-order chi connectivity index (χ0) is 21.9. The summed E-state index contributed by atoms with van der Waals surface area (Å²) in [5.74, 6) is -0.168. The Balaban J connectivity index is 1.91. The van der Waals surface area contributed by atoms with Gasteiger partial charge in [-0.2, -0.15) is 0 Å². The lowest BCUT2D eigenvalue weighted by Gasteiger charge is -2.20. The van der Waals surface area contributed by atoms with Gasteiger partial charge in [0.25, 0.3) is 5.56 Å². The van der Waals surface area contributed by atoms with Gasteiger partial charge in [-0.25, -0.2) is 9.18 Å². The maximum absolute atomic E-state index is 13.7. The minimum atomic E-state index is -0.607. The number of amides is 1. The number of carbonyl (C=O) groups excluding carboxylic acids is 1. The van der Waals surface area contributed by atoms with Crippen molar-refractivity contribution in [1.29, 1.82) is 0 Å². The first kappa shape index (κ1) is 21.6. The van der Waals surface area contributed by atoms with Gasteiger partial charge in [0, 0.05) is 16.0 Å². The van der Waals surface area contributed by atoms with E-state index in [0.29, 0.717) is 27.4 Å². The standard InChI is InChI=1S/C22H22ClFN2O4/c1-22(2,3)30-21(28)25-9-10-29-19-16-8-7-15(24)12-17(16)20(27)26-18(19)13-5-4-6-14(23)11-13/h4-8,11-12H,9-10H2,1-3H3,(H,25,28)(H,26,27). The number of carbonyl (C=O) groups is 1. The smallest absolute Gasteiger partial charge is 0.407 e. The molecule has 0 spiro atoms. The molecule has 1 amide bonds. The summed E-state index contributed by atoms with van der Waals surface area (Å²) >= 11 is 6.10. The van der Waals surface area contributed by atoms with Crippen molar-refractivity contribution in [2.45, 2.75) is 26.4 Å². The maximum atomic E-state index is 13.7. The molecule has 1 aromatic heterocycles. The first-order chi connectivity index (χ1) is 14.1. The van der Waals surface area contributed by atoms with Gasteiger partial charge < -0.3 is 19.8 Å². The van der Waals surface area contributed by atoms with Crippen molar-refractivity contribution in [2.75, 3.05) is 13.2 Å². The molecule has 0 radical (unpaired) electrons. The van der Waals surface area contributed by atoms with E-state index in [1.54, 1.807) is 45.0 Å². The highest BCUT2D eigenvalue weighted by atomic mass is 35.5. The molecule has 0 bridgehead atoms. The first-order valence-electron chi connectivity index (χ1n) is 9.35. The monoisotopic (exact) mass is 432 g/mol. The van der Waals surface area contributed by atoms with Crippen molar-refractivity contribution >= 4 is 28.5 Å². The number of rotatable bonds is 5. The molecule has 0 saturated heterocycles. The van der Waals surface area contributed by atoms with Crippen LogP contribution in [0, 0.1) is 5.82 Å². The highest BCUT2D eigenvalue weighted by Gasteiger charge is 2.17. The Morgan fingerprint density at radius 2 is 1.93 bits per heavy atom. The highest BCUT2D eigenvalue weighted by molar-refractivity contribution is 6.30. The summed E-state index contributed by atoms with van der Waals surface area (Å²) < 4.78 is 24.8. The second-order valence-electron chi connectivity index (χ2n) is 7.64. The molecule has 3 rings (SSSR count). The number of nitrogens with one attached hydrogen (secondary N) is 2. The molecule has 2 N–H and O–H groups in total. The lowest BCUT2D eigenvalue weighted by Crippen LogP contribution is -2.34. The van der Waals surface area contributed by atoms with Gasteiger partial charge in [0.15, 0.2) is 5.75 Å². The van der Waals surface area contributed by atoms with Gasteiger partial charge in [-0.05, 0) is 51.1 Å². The van der Waals surface area contributed by atoms with E-state index in [9.17, 15) is 14.0 Å². The van der Waals surface area contributed by atoms with E-state index in [0.717, 1.165) is 6.07 Å². The zero-order valence-electron chi connectivity index (χ0n) is 16.8. The Morgan fingerprint density at radius 3 is 2.63 bits per heavy atom. The van der Waals surface area contributed by atoms with E-state index in [-0.39, 0.29) is 18.5 Å². The number of fused-ring (bicyclic) bond motifs is 1. The molecule has 8 heteroatoms. The van der Waals surface area contributed by atoms with Gasteiger partial charge in [0.1, 0.15) is 18.0 Å². The molecule has 2 aromatic carbocycles. The van der Waals surface area contributed by atoms with Gasteiger partial charge >= 0.3 is 6.09 Å². The first-order valence-corrected chi connectivity index (χ1v) is 9.73. The van der Waals surface area contributed by atoms with Crippen LogP contribution < -0.4 is 15.6 Å². The predicted octanol–water partition coefficient (Wildman–Crippen LogP) is 4.89. The molecule has 158 valence electrons. The topological polar surface area (TPSA) is 80.4 Å². The third-order valence-electron chi connectivity index (χ3n) is 4.07. The van der Waals surface area contributed by atoms with E-state index in [1.165, 1.54) is 12.1 Å². The van der Waals surface area contributed by atoms with Crippen LogP contribution in [0.15, 0.2) is 47.3 Å². The summed E-state index contributed by atoms with van der Waals surface area (Å²) in [6.07, 6.45) is -0.561. The predicted molar refractivity (Wildman–Crippen MR) is 115 cm³/mol. The van der Waals surface area contributed by atoms with Crippen molar-refractivity contribution in [3.8, 4) is 17.0 Å². The molecule has 0 unspecified atom stereocenters. The Kier molecular flexibility index (Phi) is 6.31. The Morgan fingerprint density at radius 1 is 1.17 bits per heavy atom. The number of aromatic nitrogens is 1. The van der Waals surface area contributed by atoms with Gasteiger partial charge in [0.05, 0.1) is 17.6 Å². The fraction of sp³-hybridized carbons (Fsp3) is 0.273. The summed E-state index contributed by atoms with van der Waals surface area (Å²) in [6, 6.07) is 10.8. The number of aromatic amines is 1. The summed E-state index contributed by atoms with van der Waals surface area (Å²) in [4.78, 5) is 27.1. The quantitative estimate of drug-likeness (QED) is 0.562. The molecule has 0 aliphatic carbocycles. The Bertz CT molecular complexity index is 1140. The molecule has 0 atom stereocenters. The van der Waals surface area contributed by atoms with Crippen LogP contribution in [0.5, 0.6) is 5.75 Å². The second kappa shape index (κ2) is 8.75. The average molecular weight is 433 g/mol. The molecule has 1 heterocycles.